The van der Waals surface area contributed by atoms with E-state index < -0.39 is 10.0 Å². The van der Waals surface area contributed by atoms with Gasteiger partial charge in [0.25, 0.3) is 0 Å². The van der Waals surface area contributed by atoms with Gasteiger partial charge in [0.05, 0.1) is 6.61 Å². The van der Waals surface area contributed by atoms with Gasteiger partial charge >= 0.3 is 16.0 Å². The van der Waals surface area contributed by atoms with Gasteiger partial charge in [0.15, 0.2) is 0 Å². The molecule has 0 amide bonds. The van der Waals surface area contributed by atoms with E-state index in [9.17, 15) is 4.79 Å². The molecule has 0 aliphatic heterocycles. The predicted molar refractivity (Wildman–Crippen MR) is 49.4 cm³/mol. The molecule has 72 valence electrons. The van der Waals surface area contributed by atoms with Crippen LogP contribution in [0.25, 0.3) is 0 Å². The Kier molecular flexibility index (Phi) is 15.0. The standard InChI is InChI=1S/C5H8O2.C2H8O2Si/c1-3-5(6)7-4-2;1-3-5-4-2/h3H,1,4H2,2H3;5H2,1-2H3. The number of carbonyl (C=O) groups excluding carboxylic acids is 1. The average molecular weight is 192 g/mol. The van der Waals surface area contributed by atoms with Gasteiger partial charge in [0.2, 0.25) is 0 Å². The molecule has 0 fully saturated rings. The summed E-state index contributed by atoms with van der Waals surface area (Å²) in [5.41, 5.74) is 0. The van der Waals surface area contributed by atoms with Gasteiger partial charge in [-0.1, -0.05) is 6.58 Å². The number of carbonyl (C=O) groups is 1. The Labute approximate surface area is 75.6 Å². The number of hydrogen-bond acceptors (Lipinski definition) is 4. The molecule has 0 aliphatic carbocycles. The van der Waals surface area contributed by atoms with Gasteiger partial charge in [-0.3, -0.25) is 0 Å². The van der Waals surface area contributed by atoms with Gasteiger partial charge in [-0.05, 0) is 6.92 Å². The molecule has 0 saturated carbocycles. The molecule has 0 aromatic rings. The Bertz CT molecular complexity index is 114. The van der Waals surface area contributed by atoms with Crippen LogP contribution in [0.1, 0.15) is 6.92 Å². The lowest BCUT2D eigenvalue weighted by Gasteiger charge is -1.90. The van der Waals surface area contributed by atoms with Crippen LogP contribution < -0.4 is 0 Å². The third-order valence-corrected chi connectivity index (χ3v) is 1.16. The quantitative estimate of drug-likeness (QED) is 0.358. The van der Waals surface area contributed by atoms with Crippen molar-refractivity contribution >= 4 is 16.0 Å². The first-order valence-corrected chi connectivity index (χ1v) is 4.65. The average Bonchev–Trinajstić information content (AvgIpc) is 2.07. The molecule has 4 nitrogen and oxygen atoms in total. The maximum Gasteiger partial charge on any atom is 0.330 e. The van der Waals surface area contributed by atoms with E-state index in [4.69, 9.17) is 0 Å². The summed E-state index contributed by atoms with van der Waals surface area (Å²) in [6.07, 6.45) is 1.14. The Hall–Kier alpha value is -0.653. The van der Waals surface area contributed by atoms with Crippen molar-refractivity contribution in [2.45, 2.75) is 6.92 Å². The van der Waals surface area contributed by atoms with E-state index in [2.05, 4.69) is 20.2 Å². The van der Waals surface area contributed by atoms with Gasteiger partial charge in [0.1, 0.15) is 0 Å². The zero-order valence-corrected chi connectivity index (χ0v) is 9.25. The van der Waals surface area contributed by atoms with Crippen molar-refractivity contribution < 1.29 is 18.4 Å². The largest absolute Gasteiger partial charge is 0.463 e. The van der Waals surface area contributed by atoms with Gasteiger partial charge in [-0.15, -0.1) is 0 Å². The topological polar surface area (TPSA) is 44.8 Å². The highest BCUT2D eigenvalue weighted by molar-refractivity contribution is 6.17. The number of hydrogen-bond donors (Lipinski definition) is 0. The van der Waals surface area contributed by atoms with Crippen LogP contribution in [0.4, 0.5) is 0 Å². The van der Waals surface area contributed by atoms with E-state index in [0.717, 1.165) is 6.08 Å². The summed E-state index contributed by atoms with van der Waals surface area (Å²) in [7, 11) is 2.73. The second-order valence-corrected chi connectivity index (χ2v) is 3.04. The van der Waals surface area contributed by atoms with Crippen molar-refractivity contribution in [3.8, 4) is 0 Å². The lowest BCUT2D eigenvalue weighted by molar-refractivity contribution is -0.137. The maximum absolute atomic E-state index is 10.1. The molecule has 0 unspecified atom stereocenters. The van der Waals surface area contributed by atoms with Crippen LogP contribution in [0.3, 0.4) is 0 Å². The summed E-state index contributed by atoms with van der Waals surface area (Å²) >= 11 is 0. The Balaban J connectivity index is 0. The van der Waals surface area contributed by atoms with Crippen molar-refractivity contribution in [2.75, 3.05) is 20.8 Å². The van der Waals surface area contributed by atoms with E-state index in [0.29, 0.717) is 6.61 Å². The molecule has 0 aromatic heterocycles. The summed E-state index contributed by atoms with van der Waals surface area (Å²) in [5, 5.41) is 0. The number of esters is 1. The van der Waals surface area contributed by atoms with E-state index in [-0.39, 0.29) is 5.97 Å². The summed E-state index contributed by atoms with van der Waals surface area (Å²) < 4.78 is 13.6. The lowest BCUT2D eigenvalue weighted by Crippen LogP contribution is -1.97. The fourth-order valence-corrected chi connectivity index (χ4v) is 0.555. The van der Waals surface area contributed by atoms with Crippen LogP contribution in [-0.4, -0.2) is 36.8 Å². The first-order chi connectivity index (χ1) is 5.72. The van der Waals surface area contributed by atoms with Crippen LogP contribution in [-0.2, 0) is 18.4 Å². The molecule has 0 aliphatic rings. The predicted octanol–water partition coefficient (Wildman–Crippen LogP) is 0.0135. The van der Waals surface area contributed by atoms with E-state index in [1.54, 1.807) is 21.1 Å². The van der Waals surface area contributed by atoms with Crippen LogP contribution in [0, 0.1) is 0 Å². The summed E-state index contributed by atoms with van der Waals surface area (Å²) in [4.78, 5) is 10.1. The summed E-state index contributed by atoms with van der Waals surface area (Å²) in [6.45, 7) is 5.38. The minimum atomic E-state index is -0.568. The zero-order chi connectivity index (χ0) is 9.82. The van der Waals surface area contributed by atoms with Crippen molar-refractivity contribution in [2.24, 2.45) is 0 Å². The highest BCUT2D eigenvalue weighted by atomic mass is 28.3. The van der Waals surface area contributed by atoms with E-state index in [1.807, 2.05) is 0 Å². The van der Waals surface area contributed by atoms with Gasteiger partial charge in [0, 0.05) is 20.3 Å². The van der Waals surface area contributed by atoms with Crippen molar-refractivity contribution in [3.05, 3.63) is 12.7 Å². The van der Waals surface area contributed by atoms with Crippen molar-refractivity contribution in [1.82, 2.24) is 0 Å². The Morgan fingerprint density at radius 2 is 2.00 bits per heavy atom. The number of rotatable bonds is 4. The van der Waals surface area contributed by atoms with Crippen LogP contribution >= 0.6 is 0 Å². The fourth-order valence-electron chi connectivity index (χ4n) is 0.319. The van der Waals surface area contributed by atoms with Crippen LogP contribution in [0.15, 0.2) is 12.7 Å². The third-order valence-electron chi connectivity index (χ3n) is 0.689. The molecule has 0 rings (SSSR count). The lowest BCUT2D eigenvalue weighted by atomic mass is 10.6. The fraction of sp³-hybridized carbons (Fsp3) is 0.571. The Morgan fingerprint density at radius 3 is 2.08 bits per heavy atom. The minimum Gasteiger partial charge on any atom is -0.463 e. The van der Waals surface area contributed by atoms with Gasteiger partial charge in [-0.2, -0.15) is 0 Å². The van der Waals surface area contributed by atoms with Gasteiger partial charge in [-0.25, -0.2) is 4.79 Å². The molecular weight excluding hydrogens is 176 g/mol. The second kappa shape index (κ2) is 13.0. The molecule has 0 radical (unpaired) electrons. The van der Waals surface area contributed by atoms with Crippen LogP contribution in [0.5, 0.6) is 0 Å². The molecule has 0 spiro atoms. The van der Waals surface area contributed by atoms with E-state index in [1.165, 1.54) is 0 Å². The maximum atomic E-state index is 10.1. The third kappa shape index (κ3) is 16.2. The summed E-state index contributed by atoms with van der Waals surface area (Å²) in [6, 6.07) is 0. The molecule has 0 heterocycles. The normalized spacial score (nSPS) is 7.92. The zero-order valence-electron chi connectivity index (χ0n) is 7.83. The summed E-state index contributed by atoms with van der Waals surface area (Å²) in [5.74, 6) is -0.359. The molecule has 0 atom stereocenters. The first-order valence-electron chi connectivity index (χ1n) is 3.49. The second-order valence-electron chi connectivity index (χ2n) is 1.65. The molecule has 0 aromatic carbocycles. The molecule has 5 heteroatoms. The highest BCUT2D eigenvalue weighted by Gasteiger charge is 1.86. The first kappa shape index (κ1) is 13.9. The van der Waals surface area contributed by atoms with Crippen LogP contribution in [0.2, 0.25) is 0 Å². The number of ether oxygens (including phenoxy) is 1. The molecule has 12 heavy (non-hydrogen) atoms. The Morgan fingerprint density at radius 1 is 1.50 bits per heavy atom. The minimum absolute atomic E-state index is 0.359. The van der Waals surface area contributed by atoms with Gasteiger partial charge < -0.3 is 13.6 Å². The monoisotopic (exact) mass is 192 g/mol. The molecule has 0 saturated heterocycles. The van der Waals surface area contributed by atoms with Crippen molar-refractivity contribution in [1.29, 1.82) is 0 Å². The SMILES string of the molecule is C=CC(=O)OCC.CO[SiH2]OC. The molecular formula is C7H16O4Si. The highest BCUT2D eigenvalue weighted by Crippen LogP contribution is 1.74. The smallest absolute Gasteiger partial charge is 0.330 e. The molecule has 0 N–H and O–H groups in total. The molecule has 0 bridgehead atoms. The van der Waals surface area contributed by atoms with Crippen molar-refractivity contribution in [3.63, 3.8) is 0 Å². The van der Waals surface area contributed by atoms with E-state index >= 15 is 0 Å².